The summed E-state index contributed by atoms with van der Waals surface area (Å²) >= 11 is 0. The molecule has 2 aliphatic rings. The number of phenolic OH excluding ortho intramolecular Hbond substituents is 1. The van der Waals surface area contributed by atoms with Crippen LogP contribution in [0.3, 0.4) is 0 Å². The van der Waals surface area contributed by atoms with E-state index in [4.69, 9.17) is 0 Å². The van der Waals surface area contributed by atoms with Crippen LogP contribution in [-0.4, -0.2) is 52.4 Å². The standard InChI is InChI=1S/C21H26N4O5/c1-14(26)22-18-12-20(27)17(11-19(18)25(29)30)21(28)23-16-7-9-24(10-8-16)13-15-5-3-2-4-6-15/h2-3,6,11-12,16,27H,4-5,7-10,13H2,1H3,(H,22,26)(H,23,28). The number of hydrogen-bond donors (Lipinski definition) is 3. The molecule has 9 nitrogen and oxygen atoms in total. The van der Waals surface area contributed by atoms with Gasteiger partial charge in [-0.15, -0.1) is 0 Å². The van der Waals surface area contributed by atoms with Gasteiger partial charge in [-0.05, 0) is 25.7 Å². The quantitative estimate of drug-likeness (QED) is 0.373. The minimum atomic E-state index is -0.699. The molecule has 30 heavy (non-hydrogen) atoms. The van der Waals surface area contributed by atoms with Crippen LogP contribution in [0.1, 0.15) is 43.0 Å². The summed E-state index contributed by atoms with van der Waals surface area (Å²) < 4.78 is 0. The highest BCUT2D eigenvalue weighted by molar-refractivity contribution is 6.00. The largest absolute Gasteiger partial charge is 0.507 e. The molecule has 0 unspecified atom stereocenters. The van der Waals surface area contributed by atoms with Crippen molar-refractivity contribution in [2.45, 2.75) is 38.6 Å². The van der Waals surface area contributed by atoms with Crippen LogP contribution in [0.2, 0.25) is 0 Å². The molecule has 1 aliphatic heterocycles. The first-order chi connectivity index (χ1) is 14.3. The van der Waals surface area contributed by atoms with Gasteiger partial charge in [-0.1, -0.05) is 23.8 Å². The summed E-state index contributed by atoms with van der Waals surface area (Å²) in [6, 6.07) is 1.96. The van der Waals surface area contributed by atoms with E-state index in [1.165, 1.54) is 12.5 Å². The highest BCUT2D eigenvalue weighted by Gasteiger charge is 2.26. The topological polar surface area (TPSA) is 125 Å². The fraction of sp³-hybridized carbons (Fsp3) is 0.429. The second-order valence-corrected chi connectivity index (χ2v) is 7.62. The van der Waals surface area contributed by atoms with E-state index < -0.39 is 28.2 Å². The number of nitrogens with zero attached hydrogens (tertiary/aromatic N) is 2. The van der Waals surface area contributed by atoms with Gasteiger partial charge in [-0.25, -0.2) is 0 Å². The molecule has 0 radical (unpaired) electrons. The molecule has 0 bridgehead atoms. The highest BCUT2D eigenvalue weighted by Crippen LogP contribution is 2.32. The average Bonchev–Trinajstić information content (AvgIpc) is 2.69. The third kappa shape index (κ3) is 5.44. The second kappa shape index (κ2) is 9.53. The summed E-state index contributed by atoms with van der Waals surface area (Å²) in [5.74, 6) is -1.50. The maximum absolute atomic E-state index is 12.6. The van der Waals surface area contributed by atoms with Gasteiger partial charge in [0, 0.05) is 44.7 Å². The van der Waals surface area contributed by atoms with Crippen molar-refractivity contribution in [2.24, 2.45) is 0 Å². The molecule has 160 valence electrons. The van der Waals surface area contributed by atoms with E-state index >= 15 is 0 Å². The number of nitro groups is 1. The number of rotatable bonds is 6. The highest BCUT2D eigenvalue weighted by atomic mass is 16.6. The van der Waals surface area contributed by atoms with Crippen molar-refractivity contribution in [3.63, 3.8) is 0 Å². The van der Waals surface area contributed by atoms with Gasteiger partial charge < -0.3 is 15.7 Å². The lowest BCUT2D eigenvalue weighted by Gasteiger charge is -2.33. The molecule has 1 saturated heterocycles. The Morgan fingerprint density at radius 2 is 2.00 bits per heavy atom. The fourth-order valence-corrected chi connectivity index (χ4v) is 3.76. The van der Waals surface area contributed by atoms with Gasteiger partial charge in [-0.3, -0.25) is 24.6 Å². The Balaban J connectivity index is 1.61. The molecule has 1 aliphatic carbocycles. The minimum absolute atomic E-state index is 0.0672. The zero-order valence-corrected chi connectivity index (χ0v) is 16.9. The van der Waals surface area contributed by atoms with Gasteiger partial charge in [0.2, 0.25) is 5.91 Å². The molecule has 9 heteroatoms. The van der Waals surface area contributed by atoms with Crippen LogP contribution in [-0.2, 0) is 4.79 Å². The Morgan fingerprint density at radius 1 is 1.27 bits per heavy atom. The van der Waals surface area contributed by atoms with Crippen molar-refractivity contribution >= 4 is 23.2 Å². The second-order valence-electron chi connectivity index (χ2n) is 7.62. The van der Waals surface area contributed by atoms with Crippen molar-refractivity contribution < 1.29 is 19.6 Å². The Bertz CT molecular complexity index is 901. The SMILES string of the molecule is CC(=O)Nc1cc(O)c(C(=O)NC2CCN(CC3=CCC=CC3)CC2)cc1[N+](=O)[O-]. The summed E-state index contributed by atoms with van der Waals surface area (Å²) in [4.78, 5) is 36.8. The first-order valence-corrected chi connectivity index (χ1v) is 9.98. The van der Waals surface area contributed by atoms with Gasteiger partial charge in [0.05, 0.1) is 10.5 Å². The average molecular weight is 414 g/mol. The smallest absolute Gasteiger partial charge is 0.293 e. The molecular formula is C21H26N4O5. The molecule has 3 rings (SSSR count). The number of hydrogen-bond acceptors (Lipinski definition) is 6. The summed E-state index contributed by atoms with van der Waals surface area (Å²) in [5, 5.41) is 26.6. The van der Waals surface area contributed by atoms with Crippen LogP contribution in [0.15, 0.2) is 35.9 Å². The molecule has 0 spiro atoms. The lowest BCUT2D eigenvalue weighted by atomic mass is 10.0. The maximum atomic E-state index is 12.6. The van der Waals surface area contributed by atoms with Crippen LogP contribution in [0.5, 0.6) is 5.75 Å². The molecule has 0 atom stereocenters. The van der Waals surface area contributed by atoms with E-state index in [1.54, 1.807) is 0 Å². The van der Waals surface area contributed by atoms with E-state index in [9.17, 15) is 24.8 Å². The Labute approximate surface area is 174 Å². The summed E-state index contributed by atoms with van der Waals surface area (Å²) in [6.45, 7) is 3.83. The zero-order valence-electron chi connectivity index (χ0n) is 16.9. The number of benzene rings is 1. The molecule has 1 aromatic rings. The minimum Gasteiger partial charge on any atom is -0.507 e. The van der Waals surface area contributed by atoms with E-state index in [0.29, 0.717) is 0 Å². The number of nitrogens with one attached hydrogen (secondary N) is 2. The molecule has 0 aromatic heterocycles. The van der Waals surface area contributed by atoms with Gasteiger partial charge >= 0.3 is 0 Å². The van der Waals surface area contributed by atoms with Crippen LogP contribution in [0.25, 0.3) is 0 Å². The number of nitro benzene ring substituents is 1. The lowest BCUT2D eigenvalue weighted by Crippen LogP contribution is -2.45. The number of phenols is 1. The number of amides is 2. The molecule has 0 saturated carbocycles. The predicted octanol–water partition coefficient (Wildman–Crippen LogP) is 2.73. The van der Waals surface area contributed by atoms with Crippen molar-refractivity contribution in [3.8, 4) is 5.75 Å². The van der Waals surface area contributed by atoms with Crippen molar-refractivity contribution in [1.29, 1.82) is 0 Å². The van der Waals surface area contributed by atoms with E-state index in [1.807, 2.05) is 0 Å². The zero-order chi connectivity index (χ0) is 21.7. The Hall–Kier alpha value is -3.20. The van der Waals surface area contributed by atoms with Crippen LogP contribution >= 0.6 is 0 Å². The van der Waals surface area contributed by atoms with E-state index in [2.05, 4.69) is 33.8 Å². The molecule has 1 aromatic carbocycles. The summed E-state index contributed by atoms with van der Waals surface area (Å²) in [6.07, 6.45) is 10.1. The Kier molecular flexibility index (Phi) is 6.83. The first kappa shape index (κ1) is 21.5. The normalized spacial score (nSPS) is 17.3. The van der Waals surface area contributed by atoms with Gasteiger partial charge in [0.25, 0.3) is 11.6 Å². The van der Waals surface area contributed by atoms with Crippen molar-refractivity contribution in [2.75, 3.05) is 25.0 Å². The summed E-state index contributed by atoms with van der Waals surface area (Å²) in [7, 11) is 0. The van der Waals surface area contributed by atoms with Gasteiger partial charge in [0.15, 0.2) is 0 Å². The monoisotopic (exact) mass is 414 g/mol. The third-order valence-corrected chi connectivity index (χ3v) is 5.30. The van der Waals surface area contributed by atoms with Crippen LogP contribution < -0.4 is 10.6 Å². The molecule has 2 amide bonds. The molecule has 1 heterocycles. The number of likely N-dealkylation sites (tertiary alicyclic amines) is 1. The fourth-order valence-electron chi connectivity index (χ4n) is 3.76. The molecule has 1 fully saturated rings. The number of carbonyl (C=O) groups is 2. The van der Waals surface area contributed by atoms with Crippen molar-refractivity contribution in [1.82, 2.24) is 10.2 Å². The molecular weight excluding hydrogens is 388 g/mol. The lowest BCUT2D eigenvalue weighted by molar-refractivity contribution is -0.384. The maximum Gasteiger partial charge on any atom is 0.293 e. The third-order valence-electron chi connectivity index (χ3n) is 5.30. The number of allylic oxidation sites excluding steroid dienone is 3. The first-order valence-electron chi connectivity index (χ1n) is 9.98. The van der Waals surface area contributed by atoms with Gasteiger partial charge in [-0.2, -0.15) is 0 Å². The number of aromatic hydroxyl groups is 1. The van der Waals surface area contributed by atoms with E-state index in [-0.39, 0.29) is 17.3 Å². The van der Waals surface area contributed by atoms with Gasteiger partial charge in [0.1, 0.15) is 11.4 Å². The van der Waals surface area contributed by atoms with Crippen molar-refractivity contribution in [3.05, 3.63) is 51.6 Å². The summed E-state index contributed by atoms with van der Waals surface area (Å²) in [5.41, 5.74) is 0.633. The van der Waals surface area contributed by atoms with Crippen LogP contribution in [0, 0.1) is 10.1 Å². The molecule has 3 N–H and O–H groups in total. The van der Waals surface area contributed by atoms with Crippen LogP contribution in [0.4, 0.5) is 11.4 Å². The number of anilines is 1. The number of piperidine rings is 1. The Morgan fingerprint density at radius 3 is 2.60 bits per heavy atom. The predicted molar refractivity (Wildman–Crippen MR) is 112 cm³/mol. The number of carbonyl (C=O) groups excluding carboxylic acids is 2. The van der Waals surface area contributed by atoms with E-state index in [0.717, 1.165) is 57.5 Å².